The maximum absolute atomic E-state index is 6.22. The molecule has 0 aliphatic heterocycles. The van der Waals surface area contributed by atoms with Gasteiger partial charge in [0.2, 0.25) is 0 Å². The van der Waals surface area contributed by atoms with Crippen LogP contribution in [0.3, 0.4) is 0 Å². The van der Waals surface area contributed by atoms with Crippen LogP contribution in [0, 0.1) is 6.92 Å². The highest BCUT2D eigenvalue weighted by Crippen LogP contribution is 2.31. The first kappa shape index (κ1) is 22.5. The number of hydrogen-bond acceptors (Lipinski definition) is 4. The summed E-state index contributed by atoms with van der Waals surface area (Å²) in [6, 6.07) is 19.9. The van der Waals surface area contributed by atoms with Crippen molar-refractivity contribution in [3.8, 4) is 22.5 Å². The average molecular weight is 465 g/mol. The molecule has 32 heavy (non-hydrogen) atoms. The molecule has 0 saturated heterocycles. The van der Waals surface area contributed by atoms with E-state index >= 15 is 0 Å². The third-order valence-electron chi connectivity index (χ3n) is 5.32. The first-order valence-corrected chi connectivity index (χ1v) is 11.4. The standard InChI is InChI=1S/C26H26Cl2N4/c1-17-7-4-10-23-24(17)30-25(31-26(23)29-11-6-12-32(2)3)19-9-5-8-18(13-19)20-14-21(27)16-22(28)15-20/h4-5,7-10,13-16H,6,11-12H2,1-3H3,(H,29,30,31). The molecule has 6 heteroatoms. The number of halogens is 2. The number of nitrogens with one attached hydrogen (secondary N) is 1. The van der Waals surface area contributed by atoms with Crippen LogP contribution in [0.1, 0.15) is 12.0 Å². The minimum Gasteiger partial charge on any atom is -0.369 e. The van der Waals surface area contributed by atoms with E-state index in [2.05, 4.69) is 55.5 Å². The van der Waals surface area contributed by atoms with E-state index in [1.807, 2.05) is 30.3 Å². The Hall–Kier alpha value is -2.66. The minimum atomic E-state index is 0.611. The molecule has 0 spiro atoms. The van der Waals surface area contributed by atoms with Gasteiger partial charge in [0.15, 0.2) is 5.82 Å². The molecule has 3 aromatic carbocycles. The second-order valence-electron chi connectivity index (χ2n) is 8.19. The van der Waals surface area contributed by atoms with Crippen LogP contribution in [0.4, 0.5) is 5.82 Å². The van der Waals surface area contributed by atoms with E-state index in [0.29, 0.717) is 15.9 Å². The van der Waals surface area contributed by atoms with Gasteiger partial charge in [-0.3, -0.25) is 0 Å². The molecule has 0 radical (unpaired) electrons. The number of benzene rings is 3. The van der Waals surface area contributed by atoms with Gasteiger partial charge in [-0.2, -0.15) is 0 Å². The van der Waals surface area contributed by atoms with Crippen molar-refractivity contribution in [1.82, 2.24) is 14.9 Å². The summed E-state index contributed by atoms with van der Waals surface area (Å²) in [4.78, 5) is 12.0. The largest absolute Gasteiger partial charge is 0.369 e. The molecule has 0 unspecified atom stereocenters. The molecule has 4 nitrogen and oxygen atoms in total. The van der Waals surface area contributed by atoms with Gasteiger partial charge in [0.1, 0.15) is 5.82 Å². The number of fused-ring (bicyclic) bond motifs is 1. The first-order valence-electron chi connectivity index (χ1n) is 10.6. The van der Waals surface area contributed by atoms with Crippen LogP contribution in [0.2, 0.25) is 10.0 Å². The van der Waals surface area contributed by atoms with Crippen LogP contribution in [-0.4, -0.2) is 42.1 Å². The number of nitrogens with zero attached hydrogens (tertiary/aromatic N) is 3. The summed E-state index contributed by atoms with van der Waals surface area (Å²) < 4.78 is 0. The lowest BCUT2D eigenvalue weighted by atomic mass is 10.0. The van der Waals surface area contributed by atoms with Gasteiger partial charge in [0, 0.05) is 27.5 Å². The molecule has 0 amide bonds. The molecular formula is C26H26Cl2N4. The predicted octanol–water partition coefficient (Wildman–Crippen LogP) is 6.94. The number of aryl methyl sites for hydroxylation is 1. The van der Waals surface area contributed by atoms with Crippen molar-refractivity contribution in [3.05, 3.63) is 76.3 Å². The highest BCUT2D eigenvalue weighted by molar-refractivity contribution is 6.35. The van der Waals surface area contributed by atoms with E-state index in [-0.39, 0.29) is 0 Å². The molecule has 4 rings (SSSR count). The van der Waals surface area contributed by atoms with E-state index < -0.39 is 0 Å². The average Bonchev–Trinajstić information content (AvgIpc) is 2.76. The molecule has 0 aliphatic carbocycles. The summed E-state index contributed by atoms with van der Waals surface area (Å²) in [5.41, 5.74) is 5.01. The minimum absolute atomic E-state index is 0.611. The van der Waals surface area contributed by atoms with Crippen LogP contribution in [0.15, 0.2) is 60.7 Å². The molecule has 0 bridgehead atoms. The third kappa shape index (κ3) is 5.21. The molecule has 0 atom stereocenters. The highest BCUT2D eigenvalue weighted by atomic mass is 35.5. The zero-order valence-corrected chi connectivity index (χ0v) is 20.0. The van der Waals surface area contributed by atoms with Crippen molar-refractivity contribution in [3.63, 3.8) is 0 Å². The second-order valence-corrected chi connectivity index (χ2v) is 9.06. The predicted molar refractivity (Wildman–Crippen MR) is 137 cm³/mol. The summed E-state index contributed by atoms with van der Waals surface area (Å²) in [5.74, 6) is 1.56. The van der Waals surface area contributed by atoms with Crippen molar-refractivity contribution >= 4 is 39.9 Å². The smallest absolute Gasteiger partial charge is 0.162 e. The highest BCUT2D eigenvalue weighted by Gasteiger charge is 2.12. The first-order chi connectivity index (χ1) is 15.4. The number of para-hydroxylation sites is 1. The molecule has 0 fully saturated rings. The molecule has 0 aliphatic rings. The fraction of sp³-hybridized carbons (Fsp3) is 0.231. The quantitative estimate of drug-likeness (QED) is 0.300. The van der Waals surface area contributed by atoms with Gasteiger partial charge in [0.25, 0.3) is 0 Å². The van der Waals surface area contributed by atoms with Crippen LogP contribution in [-0.2, 0) is 0 Å². The zero-order valence-electron chi connectivity index (χ0n) is 18.5. The van der Waals surface area contributed by atoms with Gasteiger partial charge < -0.3 is 10.2 Å². The van der Waals surface area contributed by atoms with E-state index in [1.54, 1.807) is 6.07 Å². The van der Waals surface area contributed by atoms with Crippen LogP contribution in [0.25, 0.3) is 33.4 Å². The van der Waals surface area contributed by atoms with Crippen molar-refractivity contribution in [2.45, 2.75) is 13.3 Å². The summed E-state index contributed by atoms with van der Waals surface area (Å²) in [6.45, 7) is 3.95. The van der Waals surface area contributed by atoms with Crippen molar-refractivity contribution < 1.29 is 0 Å². The normalized spacial score (nSPS) is 11.3. The van der Waals surface area contributed by atoms with Gasteiger partial charge in [-0.1, -0.05) is 53.5 Å². The Morgan fingerprint density at radius 2 is 1.56 bits per heavy atom. The summed E-state index contributed by atoms with van der Waals surface area (Å²) in [6.07, 6.45) is 1.03. The van der Waals surface area contributed by atoms with Gasteiger partial charge in [-0.05, 0) is 81.0 Å². The Morgan fingerprint density at radius 1 is 0.844 bits per heavy atom. The summed E-state index contributed by atoms with van der Waals surface area (Å²) in [5, 5.41) is 5.79. The maximum atomic E-state index is 6.22. The molecule has 1 heterocycles. The van der Waals surface area contributed by atoms with Crippen LogP contribution < -0.4 is 5.32 Å². The van der Waals surface area contributed by atoms with E-state index in [1.165, 1.54) is 0 Å². The zero-order chi connectivity index (χ0) is 22.7. The lowest BCUT2D eigenvalue weighted by Gasteiger charge is -2.14. The Morgan fingerprint density at radius 3 is 2.31 bits per heavy atom. The molecular weight excluding hydrogens is 439 g/mol. The molecule has 1 N–H and O–H groups in total. The topological polar surface area (TPSA) is 41.0 Å². The Labute approximate surface area is 199 Å². The lowest BCUT2D eigenvalue weighted by Crippen LogP contribution is -2.17. The number of aromatic nitrogens is 2. The van der Waals surface area contributed by atoms with Gasteiger partial charge in [0.05, 0.1) is 5.52 Å². The van der Waals surface area contributed by atoms with Gasteiger partial charge in [-0.25, -0.2) is 9.97 Å². The van der Waals surface area contributed by atoms with Crippen molar-refractivity contribution in [2.75, 3.05) is 32.5 Å². The van der Waals surface area contributed by atoms with E-state index in [0.717, 1.165) is 58.5 Å². The molecule has 4 aromatic rings. The molecule has 164 valence electrons. The monoisotopic (exact) mass is 464 g/mol. The SMILES string of the molecule is Cc1cccc2c(NCCCN(C)C)nc(-c3cccc(-c4cc(Cl)cc(Cl)c4)c3)nc12. The Kier molecular flexibility index (Phi) is 6.95. The van der Waals surface area contributed by atoms with Gasteiger partial charge in [-0.15, -0.1) is 0 Å². The number of hydrogen-bond donors (Lipinski definition) is 1. The fourth-order valence-corrected chi connectivity index (χ4v) is 4.25. The third-order valence-corrected chi connectivity index (χ3v) is 5.76. The number of rotatable bonds is 7. The van der Waals surface area contributed by atoms with Gasteiger partial charge >= 0.3 is 0 Å². The fourth-order valence-electron chi connectivity index (χ4n) is 3.72. The summed E-state index contributed by atoms with van der Waals surface area (Å²) in [7, 11) is 4.17. The molecule has 0 saturated carbocycles. The lowest BCUT2D eigenvalue weighted by molar-refractivity contribution is 0.405. The van der Waals surface area contributed by atoms with E-state index in [9.17, 15) is 0 Å². The maximum Gasteiger partial charge on any atom is 0.162 e. The Bertz CT molecular complexity index is 1230. The van der Waals surface area contributed by atoms with Crippen LogP contribution in [0.5, 0.6) is 0 Å². The van der Waals surface area contributed by atoms with Crippen molar-refractivity contribution in [2.24, 2.45) is 0 Å². The van der Waals surface area contributed by atoms with Crippen LogP contribution >= 0.6 is 23.2 Å². The Balaban J connectivity index is 1.75. The number of anilines is 1. The second kappa shape index (κ2) is 9.86. The van der Waals surface area contributed by atoms with Crippen molar-refractivity contribution in [1.29, 1.82) is 0 Å². The molecule has 1 aromatic heterocycles. The van der Waals surface area contributed by atoms with E-state index in [4.69, 9.17) is 33.2 Å². The summed E-state index contributed by atoms with van der Waals surface area (Å²) >= 11 is 12.4.